The Morgan fingerprint density at radius 3 is 2.00 bits per heavy atom. The number of nitrogen functional groups attached to an aromatic ring is 1. The van der Waals surface area contributed by atoms with Crippen molar-refractivity contribution in [2.45, 2.75) is 77.7 Å². The Kier molecular flexibility index (Phi) is 9.48. The number of aromatic nitrogens is 1. The summed E-state index contributed by atoms with van der Waals surface area (Å²) in [5, 5.41) is 0. The van der Waals surface area contributed by atoms with Crippen LogP contribution in [0.2, 0.25) is 0 Å². The zero-order valence-electron chi connectivity index (χ0n) is 13.2. The number of rotatable bonds is 11. The predicted octanol–water partition coefficient (Wildman–Crippen LogP) is 5.11. The molecule has 0 aromatic carbocycles. The normalized spacial score (nSPS) is 11.0. The maximum Gasteiger partial charge on any atom is 0.218 e. The molecule has 0 aliphatic rings. The van der Waals surface area contributed by atoms with Gasteiger partial charge in [0.25, 0.3) is 0 Å². The lowest BCUT2D eigenvalue weighted by Crippen LogP contribution is -2.13. The topological polar surface area (TPSA) is 48.0 Å². The predicted molar refractivity (Wildman–Crippen MR) is 94.7 cm³/mol. The van der Waals surface area contributed by atoms with Crippen LogP contribution in [0.4, 0.5) is 5.69 Å². The average molecular weight is 357 g/mol. The van der Waals surface area contributed by atoms with E-state index in [1.54, 1.807) is 6.20 Å². The highest BCUT2D eigenvalue weighted by Crippen LogP contribution is 2.12. The fraction of sp³-hybridized carbons (Fsp3) is 0.706. The average Bonchev–Trinajstić information content (AvgIpc) is 2.46. The molecule has 0 fully saturated rings. The summed E-state index contributed by atoms with van der Waals surface area (Å²) in [6, 6.07) is 0. The molecule has 0 unspecified atom stereocenters. The molecule has 1 aromatic heterocycles. The van der Waals surface area contributed by atoms with E-state index in [0.29, 0.717) is 10.2 Å². The summed E-state index contributed by atoms with van der Waals surface area (Å²) in [6.07, 6.45) is 16.9. The molecule has 0 saturated carbocycles. The first-order chi connectivity index (χ1) is 10.1. The second-order valence-electron chi connectivity index (χ2n) is 5.81. The number of nitrogens with zero attached hydrogens (tertiary/aromatic N) is 1. The van der Waals surface area contributed by atoms with Gasteiger partial charge in [-0.1, -0.05) is 64.7 Å². The van der Waals surface area contributed by atoms with Crippen LogP contribution in [-0.4, -0.2) is 4.57 Å². The summed E-state index contributed by atoms with van der Waals surface area (Å²) in [5.74, 6) is 0. The minimum Gasteiger partial charge on any atom is -0.394 e. The number of halogens is 1. The van der Waals surface area contributed by atoms with Crippen molar-refractivity contribution in [1.82, 2.24) is 4.57 Å². The number of anilines is 1. The van der Waals surface area contributed by atoms with E-state index in [4.69, 9.17) is 5.73 Å². The van der Waals surface area contributed by atoms with Crippen molar-refractivity contribution in [3.05, 3.63) is 27.1 Å². The van der Waals surface area contributed by atoms with E-state index in [-0.39, 0.29) is 5.43 Å². The van der Waals surface area contributed by atoms with E-state index in [1.165, 1.54) is 57.8 Å². The van der Waals surface area contributed by atoms with Crippen molar-refractivity contribution in [2.24, 2.45) is 0 Å². The van der Waals surface area contributed by atoms with Gasteiger partial charge >= 0.3 is 0 Å². The first-order valence-electron chi connectivity index (χ1n) is 8.30. The molecule has 1 aromatic rings. The standard InChI is InChI=1S/C17H29BrN2O/c1-2-3-4-5-6-7-8-9-10-11-12-20-13-15(18)17(21)16(19)14-20/h13-14H,2-12,19H2,1H3. The molecule has 21 heavy (non-hydrogen) atoms. The van der Waals surface area contributed by atoms with Gasteiger partial charge in [0.15, 0.2) is 0 Å². The number of hydrogen-bond acceptors (Lipinski definition) is 2. The molecule has 0 spiro atoms. The molecule has 3 nitrogen and oxygen atoms in total. The van der Waals surface area contributed by atoms with Crippen molar-refractivity contribution < 1.29 is 0 Å². The number of pyridine rings is 1. The Hall–Kier alpha value is -0.770. The molecule has 0 radical (unpaired) electrons. The van der Waals surface area contributed by atoms with E-state index in [1.807, 2.05) is 10.8 Å². The van der Waals surface area contributed by atoms with Crippen molar-refractivity contribution in [3.8, 4) is 0 Å². The quantitative estimate of drug-likeness (QED) is 0.559. The van der Waals surface area contributed by atoms with E-state index in [9.17, 15) is 4.79 Å². The monoisotopic (exact) mass is 356 g/mol. The van der Waals surface area contributed by atoms with E-state index in [2.05, 4.69) is 22.9 Å². The van der Waals surface area contributed by atoms with Crippen molar-refractivity contribution in [1.29, 1.82) is 0 Å². The first-order valence-corrected chi connectivity index (χ1v) is 9.09. The van der Waals surface area contributed by atoms with Crippen molar-refractivity contribution >= 4 is 21.6 Å². The van der Waals surface area contributed by atoms with Gasteiger partial charge in [-0.2, -0.15) is 0 Å². The smallest absolute Gasteiger partial charge is 0.218 e. The van der Waals surface area contributed by atoms with Gasteiger partial charge in [-0.15, -0.1) is 0 Å². The molecule has 1 heterocycles. The van der Waals surface area contributed by atoms with E-state index < -0.39 is 0 Å². The fourth-order valence-corrected chi connectivity index (χ4v) is 3.02. The van der Waals surface area contributed by atoms with Crippen LogP contribution in [0.15, 0.2) is 21.7 Å². The molecule has 0 aliphatic heterocycles. The van der Waals surface area contributed by atoms with Crippen LogP contribution in [0, 0.1) is 0 Å². The summed E-state index contributed by atoms with van der Waals surface area (Å²) < 4.78 is 2.56. The molecular formula is C17H29BrN2O. The first kappa shape index (κ1) is 18.3. The van der Waals surface area contributed by atoms with Gasteiger partial charge in [-0.3, -0.25) is 4.79 Å². The van der Waals surface area contributed by atoms with Crippen LogP contribution in [-0.2, 0) is 6.54 Å². The van der Waals surface area contributed by atoms with Crippen LogP contribution < -0.4 is 11.2 Å². The lowest BCUT2D eigenvalue weighted by Gasteiger charge is -2.08. The molecule has 2 N–H and O–H groups in total. The third-order valence-electron chi connectivity index (χ3n) is 3.83. The number of nitrogens with two attached hydrogens (primary N) is 1. The highest BCUT2D eigenvalue weighted by Gasteiger charge is 2.01. The second kappa shape index (κ2) is 10.9. The van der Waals surface area contributed by atoms with Crippen LogP contribution in [0.3, 0.4) is 0 Å². The zero-order chi connectivity index (χ0) is 15.5. The van der Waals surface area contributed by atoms with Crippen molar-refractivity contribution in [2.75, 3.05) is 5.73 Å². The van der Waals surface area contributed by atoms with Gasteiger partial charge in [-0.05, 0) is 22.4 Å². The Bertz CT molecular complexity index is 430. The number of unbranched alkanes of at least 4 members (excludes halogenated alkanes) is 9. The van der Waals surface area contributed by atoms with Crippen molar-refractivity contribution in [3.63, 3.8) is 0 Å². The number of aryl methyl sites for hydroxylation is 1. The summed E-state index contributed by atoms with van der Waals surface area (Å²) in [6.45, 7) is 3.19. The van der Waals surface area contributed by atoms with Gasteiger partial charge in [0.2, 0.25) is 5.43 Å². The summed E-state index contributed by atoms with van der Waals surface area (Å²) in [5.41, 5.74) is 5.88. The van der Waals surface area contributed by atoms with Crippen LogP contribution in [0.5, 0.6) is 0 Å². The number of hydrogen-bond donors (Lipinski definition) is 1. The maximum absolute atomic E-state index is 11.5. The molecule has 0 bridgehead atoms. The lowest BCUT2D eigenvalue weighted by atomic mass is 10.1. The Morgan fingerprint density at radius 2 is 1.48 bits per heavy atom. The van der Waals surface area contributed by atoms with Crippen LogP contribution in [0.1, 0.15) is 71.1 Å². The zero-order valence-corrected chi connectivity index (χ0v) is 14.8. The maximum atomic E-state index is 11.5. The Balaban J connectivity index is 2.06. The van der Waals surface area contributed by atoms with Gasteiger partial charge in [0.05, 0.1) is 10.2 Å². The Morgan fingerprint density at radius 1 is 0.952 bits per heavy atom. The van der Waals surface area contributed by atoms with Gasteiger partial charge < -0.3 is 10.3 Å². The molecule has 0 saturated heterocycles. The summed E-state index contributed by atoms with van der Waals surface area (Å²) in [7, 11) is 0. The second-order valence-corrected chi connectivity index (χ2v) is 6.66. The van der Waals surface area contributed by atoms with E-state index >= 15 is 0 Å². The third kappa shape index (κ3) is 7.70. The molecule has 0 atom stereocenters. The molecule has 1 rings (SSSR count). The largest absolute Gasteiger partial charge is 0.394 e. The molecule has 0 amide bonds. The highest BCUT2D eigenvalue weighted by molar-refractivity contribution is 9.10. The Labute approximate surface area is 137 Å². The summed E-state index contributed by atoms with van der Waals surface area (Å²) >= 11 is 3.25. The highest BCUT2D eigenvalue weighted by atomic mass is 79.9. The molecular weight excluding hydrogens is 328 g/mol. The third-order valence-corrected chi connectivity index (χ3v) is 4.40. The SMILES string of the molecule is CCCCCCCCCCCCn1cc(N)c(=O)c(Br)c1. The molecule has 0 aliphatic carbocycles. The molecule has 4 heteroatoms. The van der Waals surface area contributed by atoms with E-state index in [0.717, 1.165) is 13.0 Å². The minimum atomic E-state index is -0.116. The fourth-order valence-electron chi connectivity index (χ4n) is 2.53. The summed E-state index contributed by atoms with van der Waals surface area (Å²) in [4.78, 5) is 11.5. The van der Waals surface area contributed by atoms with Crippen LogP contribution >= 0.6 is 15.9 Å². The molecule has 120 valence electrons. The van der Waals surface area contributed by atoms with Gasteiger partial charge in [0.1, 0.15) is 0 Å². The van der Waals surface area contributed by atoms with Gasteiger partial charge in [-0.25, -0.2) is 0 Å². The minimum absolute atomic E-state index is 0.116. The lowest BCUT2D eigenvalue weighted by molar-refractivity contribution is 0.534. The van der Waals surface area contributed by atoms with Gasteiger partial charge in [0, 0.05) is 18.9 Å². The van der Waals surface area contributed by atoms with Crippen LogP contribution in [0.25, 0.3) is 0 Å².